The van der Waals surface area contributed by atoms with Crippen molar-refractivity contribution in [1.29, 1.82) is 0 Å². The van der Waals surface area contributed by atoms with Gasteiger partial charge in [0.2, 0.25) is 15.5 Å². The predicted octanol–water partition coefficient (Wildman–Crippen LogP) is -0.604. The lowest BCUT2D eigenvalue weighted by atomic mass is 10.5. The second kappa shape index (κ2) is 4.36. The van der Waals surface area contributed by atoms with Crippen molar-refractivity contribution in [3.8, 4) is 0 Å². The van der Waals surface area contributed by atoms with Crippen molar-refractivity contribution in [1.82, 2.24) is 9.29 Å². The largest absolute Gasteiger partial charge is 0.379 e. The van der Waals surface area contributed by atoms with E-state index in [9.17, 15) is 13.2 Å². The zero-order valence-electron chi connectivity index (χ0n) is 8.55. The smallest absolute Gasteiger partial charge is 0.248 e. The molecule has 0 amide bonds. The van der Waals surface area contributed by atoms with E-state index in [0.717, 1.165) is 0 Å². The quantitative estimate of drug-likeness (QED) is 0.753. The molecule has 1 aromatic heterocycles. The number of rotatable bonds is 2. The summed E-state index contributed by atoms with van der Waals surface area (Å²) in [7, 11) is -3.68. The molecular weight excluding hydrogens is 232 g/mol. The zero-order chi connectivity index (χ0) is 11.6. The highest BCUT2D eigenvalue weighted by molar-refractivity contribution is 7.89. The van der Waals surface area contributed by atoms with Crippen molar-refractivity contribution in [3.05, 3.63) is 28.7 Å². The fourth-order valence-corrected chi connectivity index (χ4v) is 2.98. The summed E-state index contributed by atoms with van der Waals surface area (Å²) < 4.78 is 30.5. The first-order valence-electron chi connectivity index (χ1n) is 4.87. The average molecular weight is 244 g/mol. The number of ether oxygens (including phenoxy) is 1. The zero-order valence-corrected chi connectivity index (χ0v) is 9.37. The molecule has 1 N–H and O–H groups in total. The summed E-state index contributed by atoms with van der Waals surface area (Å²) in [5.74, 6) is 0. The van der Waals surface area contributed by atoms with Crippen LogP contribution in [0.15, 0.2) is 28.2 Å². The molecule has 1 saturated heterocycles. The Bertz CT molecular complexity index is 516. The van der Waals surface area contributed by atoms with Gasteiger partial charge in [-0.25, -0.2) is 8.42 Å². The van der Waals surface area contributed by atoms with Gasteiger partial charge >= 0.3 is 0 Å². The second-order valence-electron chi connectivity index (χ2n) is 3.39. The van der Waals surface area contributed by atoms with Crippen molar-refractivity contribution >= 4 is 10.0 Å². The van der Waals surface area contributed by atoms with E-state index < -0.39 is 15.5 Å². The maximum Gasteiger partial charge on any atom is 0.248 e. The van der Waals surface area contributed by atoms with Crippen molar-refractivity contribution in [2.45, 2.75) is 4.90 Å². The van der Waals surface area contributed by atoms with Gasteiger partial charge in [0.25, 0.3) is 0 Å². The van der Waals surface area contributed by atoms with Crippen LogP contribution >= 0.6 is 0 Å². The molecule has 0 saturated carbocycles. The topological polar surface area (TPSA) is 79.5 Å². The average Bonchev–Trinajstić information content (AvgIpc) is 2.30. The summed E-state index contributed by atoms with van der Waals surface area (Å²) in [5.41, 5.74) is -0.495. The van der Waals surface area contributed by atoms with Gasteiger partial charge in [0.05, 0.1) is 13.2 Å². The number of hydrogen-bond acceptors (Lipinski definition) is 4. The standard InChI is InChI=1S/C9H12N2O4S/c12-8-1-2-10-7-9(8)16(13,14)11-3-5-15-6-4-11/h1-2,7H,3-6H2,(H,10,12). The van der Waals surface area contributed by atoms with Crippen LogP contribution < -0.4 is 5.43 Å². The number of morpholine rings is 1. The van der Waals surface area contributed by atoms with Crippen LogP contribution in [0.25, 0.3) is 0 Å². The first-order chi connectivity index (χ1) is 7.62. The van der Waals surface area contributed by atoms with E-state index in [4.69, 9.17) is 4.74 Å². The molecule has 1 aliphatic heterocycles. The Morgan fingerprint density at radius 1 is 1.31 bits per heavy atom. The van der Waals surface area contributed by atoms with Gasteiger partial charge in [0.15, 0.2) is 0 Å². The number of nitrogens with zero attached hydrogens (tertiary/aromatic N) is 1. The van der Waals surface area contributed by atoms with Gasteiger partial charge in [-0.15, -0.1) is 0 Å². The van der Waals surface area contributed by atoms with E-state index >= 15 is 0 Å². The number of aromatic amines is 1. The molecule has 0 spiro atoms. The maximum absolute atomic E-state index is 12.1. The van der Waals surface area contributed by atoms with Crippen molar-refractivity contribution in [2.24, 2.45) is 0 Å². The minimum absolute atomic E-state index is 0.211. The van der Waals surface area contributed by atoms with Crippen molar-refractivity contribution in [3.63, 3.8) is 0 Å². The van der Waals surface area contributed by atoms with E-state index in [2.05, 4.69) is 4.98 Å². The molecule has 7 heteroatoms. The molecule has 0 bridgehead atoms. The number of nitrogens with one attached hydrogen (secondary N) is 1. The SMILES string of the molecule is O=c1cc[nH]cc1S(=O)(=O)N1CCOCC1. The van der Waals surface area contributed by atoms with Crippen molar-refractivity contribution in [2.75, 3.05) is 26.3 Å². The molecule has 0 aromatic carbocycles. The normalized spacial score (nSPS) is 18.5. The Labute approximate surface area is 92.9 Å². The second-order valence-corrected chi connectivity index (χ2v) is 5.30. The van der Waals surface area contributed by atoms with Gasteiger partial charge in [0, 0.05) is 31.5 Å². The van der Waals surface area contributed by atoms with Gasteiger partial charge in [-0.2, -0.15) is 4.31 Å². The summed E-state index contributed by atoms with van der Waals surface area (Å²) in [6.45, 7) is 1.31. The third-order valence-corrected chi connectivity index (χ3v) is 4.30. The van der Waals surface area contributed by atoms with Crippen LogP contribution in [-0.4, -0.2) is 44.0 Å². The summed E-state index contributed by atoms with van der Waals surface area (Å²) >= 11 is 0. The molecule has 0 unspecified atom stereocenters. The highest BCUT2D eigenvalue weighted by Gasteiger charge is 2.28. The lowest BCUT2D eigenvalue weighted by Gasteiger charge is -2.25. The lowest BCUT2D eigenvalue weighted by molar-refractivity contribution is 0.0730. The predicted molar refractivity (Wildman–Crippen MR) is 56.6 cm³/mol. The van der Waals surface area contributed by atoms with Crippen LogP contribution in [0, 0.1) is 0 Å². The fraction of sp³-hybridized carbons (Fsp3) is 0.444. The number of hydrogen-bond donors (Lipinski definition) is 1. The Balaban J connectivity index is 2.39. The molecule has 1 aromatic rings. The molecular formula is C9H12N2O4S. The van der Waals surface area contributed by atoms with Crippen LogP contribution in [0.4, 0.5) is 0 Å². The van der Waals surface area contributed by atoms with E-state index in [1.165, 1.54) is 22.8 Å². The van der Waals surface area contributed by atoms with Gasteiger partial charge < -0.3 is 9.72 Å². The Morgan fingerprint density at radius 3 is 2.62 bits per heavy atom. The summed E-state index contributed by atoms with van der Waals surface area (Å²) in [5, 5.41) is 0. The molecule has 1 fully saturated rings. The highest BCUT2D eigenvalue weighted by atomic mass is 32.2. The molecule has 2 heterocycles. The van der Waals surface area contributed by atoms with Crippen molar-refractivity contribution < 1.29 is 13.2 Å². The van der Waals surface area contributed by atoms with Crippen LogP contribution in [0.2, 0.25) is 0 Å². The Kier molecular flexibility index (Phi) is 3.08. The number of H-pyrrole nitrogens is 1. The third-order valence-electron chi connectivity index (χ3n) is 2.38. The summed E-state index contributed by atoms with van der Waals surface area (Å²) in [6.07, 6.45) is 2.62. The van der Waals surface area contributed by atoms with Crippen LogP contribution in [-0.2, 0) is 14.8 Å². The molecule has 88 valence electrons. The molecule has 16 heavy (non-hydrogen) atoms. The molecule has 6 nitrogen and oxygen atoms in total. The van der Waals surface area contributed by atoms with E-state index in [1.807, 2.05) is 0 Å². The minimum atomic E-state index is -3.68. The van der Waals surface area contributed by atoms with Gasteiger partial charge in [0.1, 0.15) is 4.90 Å². The molecule has 0 aliphatic carbocycles. The fourth-order valence-electron chi connectivity index (χ4n) is 1.53. The minimum Gasteiger partial charge on any atom is -0.379 e. The summed E-state index contributed by atoms with van der Waals surface area (Å²) in [6, 6.07) is 1.20. The van der Waals surface area contributed by atoms with E-state index in [1.54, 1.807) is 0 Å². The monoisotopic (exact) mass is 244 g/mol. The van der Waals surface area contributed by atoms with Crippen LogP contribution in [0.5, 0.6) is 0 Å². The van der Waals surface area contributed by atoms with E-state index in [-0.39, 0.29) is 18.0 Å². The van der Waals surface area contributed by atoms with E-state index in [0.29, 0.717) is 13.2 Å². The third kappa shape index (κ3) is 2.01. The number of sulfonamides is 1. The molecule has 0 atom stereocenters. The number of pyridine rings is 1. The number of aromatic nitrogens is 1. The van der Waals surface area contributed by atoms with Gasteiger partial charge in [-0.3, -0.25) is 4.79 Å². The van der Waals surface area contributed by atoms with Crippen LogP contribution in [0.1, 0.15) is 0 Å². The summed E-state index contributed by atoms with van der Waals surface area (Å²) in [4.78, 5) is 13.9. The van der Waals surface area contributed by atoms with Gasteiger partial charge in [-0.05, 0) is 0 Å². The Hall–Kier alpha value is -1.18. The first-order valence-corrected chi connectivity index (χ1v) is 6.31. The molecule has 2 rings (SSSR count). The maximum atomic E-state index is 12.1. The lowest BCUT2D eigenvalue weighted by Crippen LogP contribution is -2.42. The highest BCUT2D eigenvalue weighted by Crippen LogP contribution is 2.12. The Morgan fingerprint density at radius 2 is 2.00 bits per heavy atom. The van der Waals surface area contributed by atoms with Gasteiger partial charge in [-0.1, -0.05) is 0 Å². The molecule has 0 radical (unpaired) electrons. The molecule has 1 aliphatic rings. The van der Waals surface area contributed by atoms with Crippen LogP contribution in [0.3, 0.4) is 0 Å². The first kappa shape index (κ1) is 11.3.